The fourth-order valence-electron chi connectivity index (χ4n) is 2.41. The molecule has 4 nitrogen and oxygen atoms in total. The standard InChI is InChI=1S/C14H15N3OS/c1-16-9-15-11-6-7-17(8-12(11)16)14(18)10-4-2-3-5-13(10)19/h2-5,9,19H,6-8H2,1H3. The Balaban J connectivity index is 1.87. The number of nitrogens with zero attached hydrogens (tertiary/aromatic N) is 3. The molecule has 1 aromatic heterocycles. The van der Waals surface area contributed by atoms with Crippen molar-refractivity contribution in [3.63, 3.8) is 0 Å². The number of hydrogen-bond acceptors (Lipinski definition) is 3. The van der Waals surface area contributed by atoms with Crippen molar-refractivity contribution in [3.8, 4) is 0 Å². The van der Waals surface area contributed by atoms with Crippen LogP contribution in [0.3, 0.4) is 0 Å². The molecule has 0 bridgehead atoms. The predicted molar refractivity (Wildman–Crippen MR) is 75.3 cm³/mol. The van der Waals surface area contributed by atoms with Crippen LogP contribution < -0.4 is 0 Å². The maximum atomic E-state index is 12.5. The van der Waals surface area contributed by atoms with Crippen molar-refractivity contribution in [3.05, 3.63) is 47.5 Å². The lowest BCUT2D eigenvalue weighted by atomic mass is 10.1. The smallest absolute Gasteiger partial charge is 0.255 e. The maximum Gasteiger partial charge on any atom is 0.255 e. The predicted octanol–water partition coefficient (Wildman–Crippen LogP) is 1.91. The summed E-state index contributed by atoms with van der Waals surface area (Å²) in [6, 6.07) is 7.42. The van der Waals surface area contributed by atoms with E-state index in [1.807, 2.05) is 47.1 Å². The fourth-order valence-corrected chi connectivity index (χ4v) is 2.67. The number of amides is 1. The monoisotopic (exact) mass is 273 g/mol. The van der Waals surface area contributed by atoms with E-state index in [1.165, 1.54) is 0 Å². The Kier molecular flexibility index (Phi) is 3.06. The van der Waals surface area contributed by atoms with E-state index >= 15 is 0 Å². The minimum atomic E-state index is 0.0393. The van der Waals surface area contributed by atoms with Crippen LogP contribution >= 0.6 is 12.6 Å². The van der Waals surface area contributed by atoms with Crippen LogP contribution in [0.2, 0.25) is 0 Å². The molecule has 2 heterocycles. The van der Waals surface area contributed by atoms with Gasteiger partial charge in [-0.2, -0.15) is 0 Å². The summed E-state index contributed by atoms with van der Waals surface area (Å²) < 4.78 is 1.99. The van der Waals surface area contributed by atoms with Crippen molar-refractivity contribution in [2.75, 3.05) is 6.54 Å². The number of aryl methyl sites for hydroxylation is 1. The summed E-state index contributed by atoms with van der Waals surface area (Å²) in [5, 5.41) is 0. The van der Waals surface area contributed by atoms with Gasteiger partial charge in [0.05, 0.1) is 29.8 Å². The summed E-state index contributed by atoms with van der Waals surface area (Å²) in [5.74, 6) is 0.0393. The molecular weight excluding hydrogens is 258 g/mol. The number of aromatic nitrogens is 2. The second-order valence-corrected chi connectivity index (χ2v) is 5.22. The first-order valence-corrected chi connectivity index (χ1v) is 6.68. The quantitative estimate of drug-likeness (QED) is 0.806. The number of hydrogen-bond donors (Lipinski definition) is 1. The van der Waals surface area contributed by atoms with Crippen LogP contribution in [0.5, 0.6) is 0 Å². The summed E-state index contributed by atoms with van der Waals surface area (Å²) in [4.78, 5) is 19.4. The lowest BCUT2D eigenvalue weighted by molar-refractivity contribution is 0.0726. The number of rotatable bonds is 1. The van der Waals surface area contributed by atoms with E-state index in [0.29, 0.717) is 18.7 Å². The molecule has 1 aliphatic rings. The molecule has 0 saturated carbocycles. The molecule has 1 amide bonds. The second kappa shape index (κ2) is 4.74. The number of carbonyl (C=O) groups excluding carboxylic acids is 1. The van der Waals surface area contributed by atoms with E-state index in [2.05, 4.69) is 17.6 Å². The SMILES string of the molecule is Cn1cnc2c1CN(C(=O)c1ccccc1S)CC2. The first-order chi connectivity index (χ1) is 9.16. The number of imidazole rings is 1. The fraction of sp³-hybridized carbons (Fsp3) is 0.286. The highest BCUT2D eigenvalue weighted by Crippen LogP contribution is 2.21. The van der Waals surface area contributed by atoms with Gasteiger partial charge in [0.15, 0.2) is 0 Å². The normalized spacial score (nSPS) is 14.3. The molecular formula is C14H15N3OS. The lowest BCUT2D eigenvalue weighted by Gasteiger charge is -2.27. The Labute approximate surface area is 117 Å². The van der Waals surface area contributed by atoms with E-state index in [-0.39, 0.29) is 5.91 Å². The highest BCUT2D eigenvalue weighted by molar-refractivity contribution is 7.80. The molecule has 0 radical (unpaired) electrons. The zero-order chi connectivity index (χ0) is 13.4. The van der Waals surface area contributed by atoms with Gasteiger partial charge in [0.25, 0.3) is 5.91 Å². The number of thiol groups is 1. The minimum Gasteiger partial charge on any atom is -0.336 e. The van der Waals surface area contributed by atoms with Crippen molar-refractivity contribution in [1.29, 1.82) is 0 Å². The van der Waals surface area contributed by atoms with Crippen molar-refractivity contribution < 1.29 is 4.79 Å². The van der Waals surface area contributed by atoms with Gasteiger partial charge < -0.3 is 9.47 Å². The van der Waals surface area contributed by atoms with Crippen LogP contribution in [-0.2, 0) is 20.0 Å². The maximum absolute atomic E-state index is 12.5. The molecule has 3 rings (SSSR count). The average Bonchev–Trinajstić information content (AvgIpc) is 2.80. The Morgan fingerprint density at radius 1 is 1.37 bits per heavy atom. The molecule has 0 saturated heterocycles. The molecule has 98 valence electrons. The van der Waals surface area contributed by atoms with Crippen LogP contribution in [0.4, 0.5) is 0 Å². The van der Waals surface area contributed by atoms with Gasteiger partial charge in [-0.25, -0.2) is 4.98 Å². The van der Waals surface area contributed by atoms with Gasteiger partial charge in [-0.3, -0.25) is 4.79 Å². The Bertz CT molecular complexity index is 635. The van der Waals surface area contributed by atoms with E-state index in [0.717, 1.165) is 22.7 Å². The molecule has 5 heteroatoms. The van der Waals surface area contributed by atoms with Crippen molar-refractivity contribution in [1.82, 2.24) is 14.5 Å². The molecule has 0 spiro atoms. The average molecular weight is 273 g/mol. The Morgan fingerprint density at radius 2 is 2.16 bits per heavy atom. The number of benzene rings is 1. The Hall–Kier alpha value is -1.75. The van der Waals surface area contributed by atoms with E-state index < -0.39 is 0 Å². The highest BCUT2D eigenvalue weighted by Gasteiger charge is 2.25. The van der Waals surface area contributed by atoms with Crippen LogP contribution in [-0.4, -0.2) is 26.9 Å². The van der Waals surface area contributed by atoms with Gasteiger partial charge in [-0.1, -0.05) is 12.1 Å². The molecule has 0 N–H and O–H groups in total. The topological polar surface area (TPSA) is 38.1 Å². The second-order valence-electron chi connectivity index (χ2n) is 4.74. The molecule has 2 aromatic rings. The molecule has 1 aliphatic heterocycles. The van der Waals surface area contributed by atoms with E-state index in [1.54, 1.807) is 0 Å². The summed E-state index contributed by atoms with van der Waals surface area (Å²) >= 11 is 4.36. The third-order valence-electron chi connectivity index (χ3n) is 3.53. The van der Waals surface area contributed by atoms with Crippen LogP contribution in [0.25, 0.3) is 0 Å². The first-order valence-electron chi connectivity index (χ1n) is 6.23. The lowest BCUT2D eigenvalue weighted by Crippen LogP contribution is -2.36. The van der Waals surface area contributed by atoms with E-state index in [9.17, 15) is 4.79 Å². The van der Waals surface area contributed by atoms with Crippen LogP contribution in [0.1, 0.15) is 21.7 Å². The summed E-state index contributed by atoms with van der Waals surface area (Å²) in [7, 11) is 1.96. The van der Waals surface area contributed by atoms with Crippen molar-refractivity contribution in [2.45, 2.75) is 17.9 Å². The zero-order valence-corrected chi connectivity index (χ0v) is 11.6. The van der Waals surface area contributed by atoms with Gasteiger partial charge in [0.1, 0.15) is 0 Å². The summed E-state index contributed by atoms with van der Waals surface area (Å²) in [5.41, 5.74) is 2.89. The molecule has 0 unspecified atom stereocenters. The molecule has 19 heavy (non-hydrogen) atoms. The van der Waals surface area contributed by atoms with Crippen molar-refractivity contribution >= 4 is 18.5 Å². The van der Waals surface area contributed by atoms with Gasteiger partial charge in [-0.15, -0.1) is 12.6 Å². The van der Waals surface area contributed by atoms with Gasteiger partial charge in [-0.05, 0) is 12.1 Å². The van der Waals surface area contributed by atoms with Gasteiger partial charge in [0.2, 0.25) is 0 Å². The third kappa shape index (κ3) is 2.14. The minimum absolute atomic E-state index is 0.0393. The summed E-state index contributed by atoms with van der Waals surface area (Å²) in [6.45, 7) is 1.33. The molecule has 1 aromatic carbocycles. The van der Waals surface area contributed by atoms with Gasteiger partial charge in [0, 0.05) is 24.9 Å². The van der Waals surface area contributed by atoms with Crippen molar-refractivity contribution in [2.24, 2.45) is 7.05 Å². The third-order valence-corrected chi connectivity index (χ3v) is 3.92. The largest absolute Gasteiger partial charge is 0.336 e. The van der Waals surface area contributed by atoms with Crippen LogP contribution in [0, 0.1) is 0 Å². The molecule has 0 fully saturated rings. The first kappa shape index (κ1) is 12.3. The number of carbonyl (C=O) groups is 1. The highest BCUT2D eigenvalue weighted by atomic mass is 32.1. The van der Waals surface area contributed by atoms with Gasteiger partial charge >= 0.3 is 0 Å². The Morgan fingerprint density at radius 3 is 2.95 bits per heavy atom. The molecule has 0 atom stereocenters. The summed E-state index contributed by atoms with van der Waals surface area (Å²) in [6.07, 6.45) is 2.63. The van der Waals surface area contributed by atoms with Crippen LogP contribution in [0.15, 0.2) is 35.5 Å². The van der Waals surface area contributed by atoms with E-state index in [4.69, 9.17) is 0 Å². The molecule has 0 aliphatic carbocycles. The zero-order valence-electron chi connectivity index (χ0n) is 10.7. The number of fused-ring (bicyclic) bond motifs is 1.